The highest BCUT2D eigenvalue weighted by molar-refractivity contribution is 6.39. The van der Waals surface area contributed by atoms with Crippen molar-refractivity contribution < 1.29 is 23.9 Å². The summed E-state index contributed by atoms with van der Waals surface area (Å²) in [5.41, 5.74) is -0.773. The van der Waals surface area contributed by atoms with E-state index in [1.54, 1.807) is 30.3 Å². The lowest BCUT2D eigenvalue weighted by atomic mass is 9.80. The molecule has 1 aliphatic carbocycles. The number of benzene rings is 3. The number of halogens is 2. The Kier molecular flexibility index (Phi) is 7.47. The zero-order chi connectivity index (χ0) is 25.9. The second kappa shape index (κ2) is 10.6. The first-order valence-electron chi connectivity index (χ1n) is 11.2. The molecule has 4 rings (SSSR count). The van der Waals surface area contributed by atoms with Crippen LogP contribution in [0.2, 0.25) is 10.0 Å². The third kappa shape index (κ3) is 5.29. The van der Waals surface area contributed by atoms with E-state index in [1.165, 1.54) is 7.11 Å². The van der Waals surface area contributed by atoms with Gasteiger partial charge in [0.05, 0.1) is 34.1 Å². The van der Waals surface area contributed by atoms with E-state index < -0.39 is 23.4 Å². The fraction of sp³-hybridized carbons (Fsp3) is 0.231. The van der Waals surface area contributed by atoms with E-state index >= 15 is 0 Å². The van der Waals surface area contributed by atoms with Crippen LogP contribution in [0, 0.1) is 0 Å². The number of carbonyl (C=O) groups is 4. The second-order valence-corrected chi connectivity index (χ2v) is 9.30. The number of hydrogen-bond donors (Lipinski definition) is 3. The van der Waals surface area contributed by atoms with Crippen molar-refractivity contribution in [2.45, 2.75) is 31.2 Å². The Morgan fingerprint density at radius 2 is 1.50 bits per heavy atom. The van der Waals surface area contributed by atoms with Crippen LogP contribution in [0.4, 0.5) is 16.2 Å². The van der Waals surface area contributed by atoms with Crippen LogP contribution in [0.3, 0.4) is 0 Å². The third-order valence-electron chi connectivity index (χ3n) is 6.17. The lowest BCUT2D eigenvalue weighted by Gasteiger charge is -2.34. The van der Waals surface area contributed by atoms with Gasteiger partial charge in [-0.3, -0.25) is 9.59 Å². The highest BCUT2D eigenvalue weighted by Gasteiger charge is 2.44. The van der Waals surface area contributed by atoms with Crippen LogP contribution in [0.5, 0.6) is 0 Å². The van der Waals surface area contributed by atoms with Crippen molar-refractivity contribution in [1.29, 1.82) is 0 Å². The Morgan fingerprint density at radius 1 is 0.889 bits per heavy atom. The maximum atomic E-state index is 13.5. The van der Waals surface area contributed by atoms with Gasteiger partial charge < -0.3 is 20.7 Å². The largest absolute Gasteiger partial charge is 0.467 e. The lowest BCUT2D eigenvalue weighted by Crippen LogP contribution is -2.57. The van der Waals surface area contributed by atoms with Crippen molar-refractivity contribution >= 4 is 69.0 Å². The topological polar surface area (TPSA) is 114 Å². The maximum Gasteiger partial charge on any atom is 0.331 e. The average molecular weight is 528 g/mol. The van der Waals surface area contributed by atoms with Crippen molar-refractivity contribution in [1.82, 2.24) is 5.32 Å². The zero-order valence-corrected chi connectivity index (χ0v) is 20.8. The summed E-state index contributed by atoms with van der Waals surface area (Å²) < 4.78 is 4.95. The molecule has 0 aliphatic heterocycles. The molecule has 0 saturated heterocycles. The molecule has 0 radical (unpaired) electrons. The molecule has 36 heavy (non-hydrogen) atoms. The van der Waals surface area contributed by atoms with Crippen LogP contribution in [0.25, 0.3) is 10.8 Å². The molecule has 1 fully saturated rings. The molecule has 0 bridgehead atoms. The fourth-order valence-corrected chi connectivity index (χ4v) is 4.72. The van der Waals surface area contributed by atoms with Gasteiger partial charge >= 0.3 is 12.0 Å². The number of rotatable bonds is 5. The number of hydrogen-bond acceptors (Lipinski definition) is 5. The molecule has 8 nitrogen and oxygen atoms in total. The predicted molar refractivity (Wildman–Crippen MR) is 139 cm³/mol. The van der Waals surface area contributed by atoms with Crippen molar-refractivity contribution in [2.75, 3.05) is 17.7 Å². The number of urea groups is 1. The Morgan fingerprint density at radius 3 is 2.11 bits per heavy atom. The first-order chi connectivity index (χ1) is 17.2. The summed E-state index contributed by atoms with van der Waals surface area (Å²) in [5, 5.41) is 10.1. The minimum Gasteiger partial charge on any atom is -0.467 e. The van der Waals surface area contributed by atoms with E-state index in [9.17, 15) is 19.2 Å². The zero-order valence-electron chi connectivity index (χ0n) is 19.3. The predicted octanol–water partition coefficient (Wildman–Crippen LogP) is 5.58. The standard InChI is InChI=1S/C26H23Cl2N3O5/c1-36-24(34)26(11-9-17(32)10-12-26)31-23(33)18-13-15-5-2-3-6-16(15)14-21(18)29-25(35)30-22-19(27)7-4-8-20(22)28/h2-8,13-14H,9-12H2,1H3,(H,31,33)(H2,29,30,35). The van der Waals surface area contributed by atoms with Gasteiger partial charge in [-0.2, -0.15) is 0 Å². The second-order valence-electron chi connectivity index (χ2n) is 8.49. The van der Waals surface area contributed by atoms with E-state index in [0.29, 0.717) is 0 Å². The first kappa shape index (κ1) is 25.5. The third-order valence-corrected chi connectivity index (χ3v) is 6.80. The number of amides is 3. The minimum atomic E-state index is -1.34. The number of anilines is 2. The van der Waals surface area contributed by atoms with Crippen molar-refractivity contribution in [3.63, 3.8) is 0 Å². The van der Waals surface area contributed by atoms with Crippen molar-refractivity contribution in [3.05, 3.63) is 70.2 Å². The van der Waals surface area contributed by atoms with Gasteiger partial charge in [-0.1, -0.05) is 53.5 Å². The number of Topliss-reactive ketones (excluding diaryl/α,β-unsaturated/α-hetero) is 1. The van der Waals surface area contributed by atoms with Gasteiger partial charge in [-0.15, -0.1) is 0 Å². The lowest BCUT2D eigenvalue weighted by molar-refractivity contribution is -0.150. The Balaban J connectivity index is 1.67. The molecule has 10 heteroatoms. The van der Waals surface area contributed by atoms with E-state index in [-0.39, 0.29) is 58.5 Å². The SMILES string of the molecule is COC(=O)C1(NC(=O)c2cc3ccccc3cc2NC(=O)Nc2c(Cl)cccc2Cl)CCC(=O)CC1. The summed E-state index contributed by atoms with van der Waals surface area (Å²) in [7, 11) is 1.24. The minimum absolute atomic E-state index is 0.0201. The average Bonchev–Trinajstić information content (AvgIpc) is 2.87. The van der Waals surface area contributed by atoms with Crippen LogP contribution in [-0.4, -0.2) is 36.3 Å². The number of esters is 1. The molecule has 1 saturated carbocycles. The highest BCUT2D eigenvalue weighted by Crippen LogP contribution is 2.32. The van der Waals surface area contributed by atoms with E-state index in [0.717, 1.165) is 10.8 Å². The molecule has 3 aromatic carbocycles. The molecule has 1 aliphatic rings. The monoisotopic (exact) mass is 527 g/mol. The molecule has 0 atom stereocenters. The highest BCUT2D eigenvalue weighted by atomic mass is 35.5. The number of nitrogens with one attached hydrogen (secondary N) is 3. The Labute approximate surface area is 217 Å². The molecule has 0 spiro atoms. The van der Waals surface area contributed by atoms with Gasteiger partial charge in [0.2, 0.25) is 0 Å². The molecular formula is C26H23Cl2N3O5. The number of methoxy groups -OCH3 is 1. The smallest absolute Gasteiger partial charge is 0.331 e. The van der Waals surface area contributed by atoms with Crippen LogP contribution in [-0.2, 0) is 14.3 Å². The molecular weight excluding hydrogens is 505 g/mol. The van der Waals surface area contributed by atoms with Gasteiger partial charge in [-0.25, -0.2) is 9.59 Å². The van der Waals surface area contributed by atoms with Crippen LogP contribution >= 0.6 is 23.2 Å². The molecule has 3 N–H and O–H groups in total. The van der Waals surface area contributed by atoms with Crippen LogP contribution in [0.1, 0.15) is 36.0 Å². The number of ketones is 1. The Bertz CT molecular complexity index is 1340. The quantitative estimate of drug-likeness (QED) is 0.375. The molecule has 3 aromatic rings. The number of carbonyl (C=O) groups excluding carboxylic acids is 4. The molecule has 0 unspecified atom stereocenters. The van der Waals surface area contributed by atoms with Gasteiger partial charge in [-0.05, 0) is 47.9 Å². The van der Waals surface area contributed by atoms with Gasteiger partial charge in [0, 0.05) is 12.8 Å². The molecule has 0 heterocycles. The van der Waals surface area contributed by atoms with Crippen LogP contribution in [0.15, 0.2) is 54.6 Å². The van der Waals surface area contributed by atoms with Gasteiger partial charge in [0.25, 0.3) is 5.91 Å². The van der Waals surface area contributed by atoms with Gasteiger partial charge in [0.1, 0.15) is 11.3 Å². The van der Waals surface area contributed by atoms with E-state index in [2.05, 4.69) is 16.0 Å². The summed E-state index contributed by atoms with van der Waals surface area (Å²) in [6, 6.07) is 14.8. The van der Waals surface area contributed by atoms with Crippen molar-refractivity contribution in [2.24, 2.45) is 0 Å². The maximum absolute atomic E-state index is 13.5. The first-order valence-corrected chi connectivity index (χ1v) is 12.0. The number of fused-ring (bicyclic) bond motifs is 1. The van der Waals surface area contributed by atoms with E-state index in [1.807, 2.05) is 24.3 Å². The molecule has 0 aromatic heterocycles. The Hall–Kier alpha value is -3.62. The summed E-state index contributed by atoms with van der Waals surface area (Å²) in [6.07, 6.45) is 0.566. The van der Waals surface area contributed by atoms with Gasteiger partial charge in [0.15, 0.2) is 0 Å². The molecule has 3 amide bonds. The summed E-state index contributed by atoms with van der Waals surface area (Å²) in [4.78, 5) is 50.8. The molecule has 186 valence electrons. The fourth-order valence-electron chi connectivity index (χ4n) is 4.23. The summed E-state index contributed by atoms with van der Waals surface area (Å²) in [6.45, 7) is 0. The van der Waals surface area contributed by atoms with Crippen LogP contribution < -0.4 is 16.0 Å². The number of ether oxygens (including phenoxy) is 1. The summed E-state index contributed by atoms with van der Waals surface area (Å²) in [5.74, 6) is -1.19. The summed E-state index contributed by atoms with van der Waals surface area (Å²) >= 11 is 12.3. The van der Waals surface area contributed by atoms with E-state index in [4.69, 9.17) is 27.9 Å². The van der Waals surface area contributed by atoms with Crippen molar-refractivity contribution in [3.8, 4) is 0 Å². The normalized spacial score (nSPS) is 14.7. The number of para-hydroxylation sites is 1.